The first-order valence-electron chi connectivity index (χ1n) is 17.8. The second-order valence-electron chi connectivity index (χ2n) is 13.8. The van der Waals surface area contributed by atoms with Gasteiger partial charge in [0.15, 0.2) is 5.82 Å². The second-order valence-corrected chi connectivity index (χ2v) is 13.8. The van der Waals surface area contributed by atoms with Crippen LogP contribution in [0.2, 0.25) is 0 Å². The number of rotatable bonds is 3. The van der Waals surface area contributed by atoms with Gasteiger partial charge in [-0.3, -0.25) is 4.98 Å². The smallest absolute Gasteiger partial charge is 0.159 e. The zero-order chi connectivity index (χ0) is 34.6. The van der Waals surface area contributed by atoms with Crippen molar-refractivity contribution in [1.29, 1.82) is 0 Å². The van der Waals surface area contributed by atoms with Gasteiger partial charge in [0.05, 0.1) is 56.7 Å². The highest BCUT2D eigenvalue weighted by Crippen LogP contribution is 2.41. The molecule has 6 aromatic heterocycles. The quantitative estimate of drug-likeness (QED) is 0.187. The molecular formula is C47H28N6. The summed E-state index contributed by atoms with van der Waals surface area (Å²) in [4.78, 5) is 13.8. The minimum Gasteiger partial charge on any atom is -0.314 e. The summed E-state index contributed by atoms with van der Waals surface area (Å²) >= 11 is 0. The second kappa shape index (κ2) is 10.6. The molecule has 6 aromatic carbocycles. The van der Waals surface area contributed by atoms with E-state index in [0.717, 1.165) is 33.3 Å². The van der Waals surface area contributed by atoms with Crippen molar-refractivity contribution in [3.63, 3.8) is 0 Å². The van der Waals surface area contributed by atoms with Gasteiger partial charge in [0.25, 0.3) is 0 Å². The lowest BCUT2D eigenvalue weighted by Gasteiger charge is -2.12. The fraction of sp³-hybridized carbons (Fsp3) is 0. The Bertz CT molecular complexity index is 3430. The van der Waals surface area contributed by atoms with E-state index in [0.29, 0.717) is 5.82 Å². The molecule has 0 N–H and O–H groups in total. The fourth-order valence-electron chi connectivity index (χ4n) is 8.69. The van der Waals surface area contributed by atoms with E-state index in [1.165, 1.54) is 65.4 Å². The third-order valence-corrected chi connectivity index (χ3v) is 11.0. The van der Waals surface area contributed by atoms with Gasteiger partial charge in [-0.2, -0.15) is 0 Å². The number of hydrogen-bond donors (Lipinski definition) is 0. The normalized spacial score (nSPS) is 12.2. The summed E-state index contributed by atoms with van der Waals surface area (Å²) in [7, 11) is 0. The van der Waals surface area contributed by atoms with Crippen molar-refractivity contribution in [2.75, 3.05) is 0 Å². The molecule has 12 rings (SSSR count). The molecule has 0 fully saturated rings. The zero-order valence-corrected chi connectivity index (χ0v) is 28.3. The maximum absolute atomic E-state index is 4.84. The molecule has 246 valence electrons. The van der Waals surface area contributed by atoms with Gasteiger partial charge in [0.2, 0.25) is 0 Å². The third kappa shape index (κ3) is 3.94. The van der Waals surface area contributed by atoms with E-state index < -0.39 is 0 Å². The van der Waals surface area contributed by atoms with Crippen LogP contribution in [0, 0.1) is 0 Å². The predicted octanol–water partition coefficient (Wildman–Crippen LogP) is 11.4. The summed E-state index contributed by atoms with van der Waals surface area (Å²) in [6, 6.07) is 50.6. The number of benzene rings is 6. The molecule has 0 aliphatic rings. The van der Waals surface area contributed by atoms with Gasteiger partial charge in [-0.1, -0.05) is 91.0 Å². The summed E-state index contributed by atoms with van der Waals surface area (Å²) in [5, 5.41) is 8.48. The lowest BCUT2D eigenvalue weighted by atomic mass is 10.0. The van der Waals surface area contributed by atoms with Crippen LogP contribution in [0.15, 0.2) is 171 Å². The van der Waals surface area contributed by atoms with E-state index in [9.17, 15) is 0 Å². The van der Waals surface area contributed by atoms with Crippen LogP contribution < -0.4 is 0 Å². The number of pyridine rings is 1. The van der Waals surface area contributed by atoms with E-state index in [2.05, 4.69) is 152 Å². The summed E-state index contributed by atoms with van der Waals surface area (Å²) in [5.74, 6) is 0.671. The lowest BCUT2D eigenvalue weighted by Crippen LogP contribution is -1.99. The van der Waals surface area contributed by atoms with Gasteiger partial charge >= 0.3 is 0 Å². The molecule has 0 unspecified atom stereocenters. The van der Waals surface area contributed by atoms with Crippen molar-refractivity contribution in [3.8, 4) is 28.2 Å². The van der Waals surface area contributed by atoms with Crippen LogP contribution in [0.5, 0.6) is 0 Å². The van der Waals surface area contributed by atoms with Crippen LogP contribution in [0.3, 0.4) is 0 Å². The lowest BCUT2D eigenvalue weighted by molar-refractivity contribution is 1.08. The molecule has 0 saturated heterocycles. The van der Waals surface area contributed by atoms with Crippen molar-refractivity contribution in [1.82, 2.24) is 28.3 Å². The van der Waals surface area contributed by atoms with E-state index in [1.807, 2.05) is 24.5 Å². The molecule has 6 heterocycles. The number of para-hydroxylation sites is 3. The van der Waals surface area contributed by atoms with Crippen LogP contribution in [0.4, 0.5) is 0 Å². The first-order valence-corrected chi connectivity index (χ1v) is 17.8. The Hall–Kier alpha value is -7.31. The molecule has 0 atom stereocenters. The molecule has 0 aliphatic heterocycles. The largest absolute Gasteiger partial charge is 0.314 e. The monoisotopic (exact) mass is 676 g/mol. The zero-order valence-electron chi connectivity index (χ0n) is 28.3. The van der Waals surface area contributed by atoms with Gasteiger partial charge in [0.1, 0.15) is 0 Å². The van der Waals surface area contributed by atoms with Crippen LogP contribution in [0.1, 0.15) is 0 Å². The molecule has 0 saturated carbocycles. The van der Waals surface area contributed by atoms with Gasteiger partial charge in [0, 0.05) is 61.9 Å². The highest BCUT2D eigenvalue weighted by molar-refractivity contribution is 6.23. The maximum atomic E-state index is 4.84. The van der Waals surface area contributed by atoms with Crippen LogP contribution in [-0.4, -0.2) is 28.3 Å². The molecule has 0 aliphatic carbocycles. The average molecular weight is 677 g/mol. The number of fused-ring (bicyclic) bond motifs is 10. The maximum Gasteiger partial charge on any atom is 0.159 e. The Morgan fingerprint density at radius 2 is 1.13 bits per heavy atom. The molecular weight excluding hydrogens is 649 g/mol. The van der Waals surface area contributed by atoms with Crippen LogP contribution in [-0.2, 0) is 0 Å². The summed E-state index contributed by atoms with van der Waals surface area (Å²) in [6.07, 6.45) is 9.63. The van der Waals surface area contributed by atoms with E-state index in [1.54, 1.807) is 12.4 Å². The number of nitrogens with zero attached hydrogens (tertiary/aromatic N) is 6. The SMILES string of the molecule is c1ccc(-c2ccc3c(c2)c2cccc4c5cccc6ccn(c7cc8c9ccccc9n(-c9cnc(-c%10ccncc%10)nc9)c8cc7n3c42)c65)cc1. The average Bonchev–Trinajstić information content (AvgIpc) is 3.90. The summed E-state index contributed by atoms with van der Waals surface area (Å²) < 4.78 is 7.20. The number of hydrogen-bond acceptors (Lipinski definition) is 3. The van der Waals surface area contributed by atoms with Crippen molar-refractivity contribution >= 4 is 76.3 Å². The molecule has 0 amide bonds. The van der Waals surface area contributed by atoms with Crippen LogP contribution >= 0.6 is 0 Å². The minimum atomic E-state index is 0.671. The third-order valence-electron chi connectivity index (χ3n) is 11.0. The number of aromatic nitrogens is 6. The van der Waals surface area contributed by atoms with Gasteiger partial charge in [-0.05, 0) is 59.7 Å². The summed E-state index contributed by atoms with van der Waals surface area (Å²) in [5.41, 5.74) is 12.3. The fourth-order valence-corrected chi connectivity index (χ4v) is 8.69. The van der Waals surface area contributed by atoms with Gasteiger partial charge in [-0.15, -0.1) is 0 Å². The molecule has 12 aromatic rings. The Morgan fingerprint density at radius 3 is 1.98 bits per heavy atom. The molecule has 53 heavy (non-hydrogen) atoms. The van der Waals surface area contributed by atoms with Crippen molar-refractivity contribution in [2.24, 2.45) is 0 Å². The van der Waals surface area contributed by atoms with E-state index in [-0.39, 0.29) is 0 Å². The molecule has 6 nitrogen and oxygen atoms in total. The molecule has 0 radical (unpaired) electrons. The Kier molecular flexibility index (Phi) is 5.68. The van der Waals surface area contributed by atoms with E-state index >= 15 is 0 Å². The van der Waals surface area contributed by atoms with Gasteiger partial charge in [-0.25, -0.2) is 9.97 Å². The summed E-state index contributed by atoms with van der Waals surface area (Å²) in [6.45, 7) is 0. The Labute approximate surface area is 302 Å². The van der Waals surface area contributed by atoms with Crippen molar-refractivity contribution in [2.45, 2.75) is 0 Å². The standard InChI is InChI=1S/C47H28N6/c1-2-8-29(9-3-1)32-16-17-41-38(24-32)37-14-7-13-36-35-12-6-10-30-20-23-51(45(30)35)43-25-39-34-11-4-5-15-40(34)52(42(39)26-44(43)53(41)46(36)37)33-27-49-47(50-28-33)31-18-21-48-22-19-31/h1-28H. The predicted molar refractivity (Wildman–Crippen MR) is 217 cm³/mol. The topological polar surface area (TPSA) is 52.4 Å². The van der Waals surface area contributed by atoms with Crippen molar-refractivity contribution in [3.05, 3.63) is 171 Å². The minimum absolute atomic E-state index is 0.671. The Morgan fingerprint density at radius 1 is 0.415 bits per heavy atom. The first-order chi connectivity index (χ1) is 26.3. The first kappa shape index (κ1) is 28.4. The molecule has 6 heteroatoms. The Balaban J connectivity index is 1.27. The highest BCUT2D eigenvalue weighted by Gasteiger charge is 2.20. The van der Waals surface area contributed by atoms with E-state index in [4.69, 9.17) is 9.97 Å². The molecule has 0 spiro atoms. The van der Waals surface area contributed by atoms with Crippen molar-refractivity contribution < 1.29 is 0 Å². The van der Waals surface area contributed by atoms with Gasteiger partial charge < -0.3 is 13.4 Å². The van der Waals surface area contributed by atoms with Crippen LogP contribution in [0.25, 0.3) is 105 Å². The highest BCUT2D eigenvalue weighted by atomic mass is 15.0. The molecule has 0 bridgehead atoms.